The zero-order valence-electron chi connectivity index (χ0n) is 8.41. The van der Waals surface area contributed by atoms with Crippen LogP contribution in [0.25, 0.3) is 0 Å². The Kier molecular flexibility index (Phi) is 3.78. The van der Waals surface area contributed by atoms with Crippen LogP contribution in [0.5, 0.6) is 5.75 Å². The fourth-order valence-electron chi connectivity index (χ4n) is 1.32. The number of methoxy groups -OCH3 is 1. The highest BCUT2D eigenvalue weighted by molar-refractivity contribution is 5.68. The van der Waals surface area contributed by atoms with E-state index in [0.717, 1.165) is 6.07 Å². The molecule has 1 aromatic carbocycles. The lowest BCUT2D eigenvalue weighted by molar-refractivity contribution is -0.139. The molecule has 0 aromatic heterocycles. The average Bonchev–Trinajstić information content (AvgIpc) is 2.14. The predicted molar refractivity (Wildman–Crippen MR) is 50.1 cm³/mol. The van der Waals surface area contributed by atoms with Crippen LogP contribution in [0, 0.1) is 11.6 Å². The fraction of sp³-hybridized carbons (Fsp3) is 0.300. The first-order chi connectivity index (χ1) is 7.45. The monoisotopic (exact) mass is 232 g/mol. The third-order valence-electron chi connectivity index (χ3n) is 1.98. The van der Waals surface area contributed by atoms with E-state index in [1.807, 2.05) is 0 Å². The van der Waals surface area contributed by atoms with E-state index >= 15 is 0 Å². The number of carboxylic acids is 1. The lowest BCUT2D eigenvalue weighted by atomic mass is 10.0. The van der Waals surface area contributed by atoms with Crippen molar-refractivity contribution in [2.75, 3.05) is 7.11 Å². The molecule has 4 nitrogen and oxygen atoms in total. The highest BCUT2D eigenvalue weighted by Gasteiger charge is 2.22. The molecule has 0 bridgehead atoms. The zero-order valence-corrected chi connectivity index (χ0v) is 8.41. The number of hydrogen-bond acceptors (Lipinski definition) is 3. The Morgan fingerprint density at radius 3 is 2.62 bits per heavy atom. The second-order valence-electron chi connectivity index (χ2n) is 3.12. The summed E-state index contributed by atoms with van der Waals surface area (Å²) in [5, 5.41) is 17.9. The van der Waals surface area contributed by atoms with Gasteiger partial charge in [-0.05, 0) is 0 Å². The van der Waals surface area contributed by atoms with Gasteiger partial charge in [-0.25, -0.2) is 8.78 Å². The molecule has 0 fully saturated rings. The van der Waals surface area contributed by atoms with Gasteiger partial charge in [0.2, 0.25) is 0 Å². The van der Waals surface area contributed by atoms with Gasteiger partial charge in [-0.3, -0.25) is 4.79 Å². The smallest absolute Gasteiger partial charge is 0.306 e. The average molecular weight is 232 g/mol. The van der Waals surface area contributed by atoms with Crippen LogP contribution >= 0.6 is 0 Å². The minimum absolute atomic E-state index is 0.216. The summed E-state index contributed by atoms with van der Waals surface area (Å²) >= 11 is 0. The van der Waals surface area contributed by atoms with Gasteiger partial charge in [-0.15, -0.1) is 0 Å². The van der Waals surface area contributed by atoms with Gasteiger partial charge in [0, 0.05) is 12.1 Å². The van der Waals surface area contributed by atoms with E-state index < -0.39 is 30.1 Å². The van der Waals surface area contributed by atoms with Crippen molar-refractivity contribution in [3.8, 4) is 5.75 Å². The highest BCUT2D eigenvalue weighted by atomic mass is 19.1. The second kappa shape index (κ2) is 4.89. The van der Waals surface area contributed by atoms with Crippen molar-refractivity contribution in [1.82, 2.24) is 0 Å². The number of halogens is 2. The van der Waals surface area contributed by atoms with Gasteiger partial charge < -0.3 is 14.9 Å². The van der Waals surface area contributed by atoms with Crippen LogP contribution in [-0.4, -0.2) is 23.3 Å². The molecule has 1 rings (SSSR count). The van der Waals surface area contributed by atoms with Crippen LogP contribution in [-0.2, 0) is 4.79 Å². The van der Waals surface area contributed by atoms with Crippen LogP contribution in [0.3, 0.4) is 0 Å². The van der Waals surface area contributed by atoms with Gasteiger partial charge in [0.15, 0.2) is 0 Å². The van der Waals surface area contributed by atoms with Gasteiger partial charge in [-0.2, -0.15) is 0 Å². The van der Waals surface area contributed by atoms with Crippen molar-refractivity contribution < 1.29 is 28.5 Å². The molecule has 0 saturated carbocycles. The molecule has 2 N–H and O–H groups in total. The van der Waals surface area contributed by atoms with Crippen LogP contribution in [0.15, 0.2) is 12.1 Å². The third kappa shape index (κ3) is 2.66. The molecule has 16 heavy (non-hydrogen) atoms. The third-order valence-corrected chi connectivity index (χ3v) is 1.98. The molecule has 1 aromatic rings. The SMILES string of the molecule is COc1cc(F)cc(F)c1[C@H](O)CC(=O)O. The van der Waals surface area contributed by atoms with Crippen molar-refractivity contribution >= 4 is 5.97 Å². The van der Waals surface area contributed by atoms with Gasteiger partial charge in [0.25, 0.3) is 0 Å². The standard InChI is InChI=1S/C10H10F2O4/c1-16-8-3-5(11)2-6(12)10(8)7(13)4-9(14)15/h2-3,7,13H,4H2,1H3,(H,14,15)/t7-/m1/s1. The number of ether oxygens (including phenoxy) is 1. The van der Waals surface area contributed by atoms with Crippen LogP contribution in [0.4, 0.5) is 8.78 Å². The Morgan fingerprint density at radius 1 is 1.50 bits per heavy atom. The molecule has 88 valence electrons. The number of hydrogen-bond donors (Lipinski definition) is 2. The van der Waals surface area contributed by atoms with E-state index in [-0.39, 0.29) is 11.3 Å². The molecule has 0 spiro atoms. The van der Waals surface area contributed by atoms with Gasteiger partial charge >= 0.3 is 5.97 Å². The summed E-state index contributed by atoms with van der Waals surface area (Å²) < 4.78 is 30.8. The fourth-order valence-corrected chi connectivity index (χ4v) is 1.32. The summed E-state index contributed by atoms with van der Waals surface area (Å²) in [6, 6.07) is 1.44. The number of aliphatic carboxylic acids is 1. The van der Waals surface area contributed by atoms with Gasteiger partial charge in [0.05, 0.1) is 25.2 Å². The summed E-state index contributed by atoms with van der Waals surface area (Å²) in [6.07, 6.45) is -2.26. The molecular weight excluding hydrogens is 222 g/mol. The van der Waals surface area contributed by atoms with Crippen molar-refractivity contribution in [3.63, 3.8) is 0 Å². The maximum atomic E-state index is 13.3. The molecule has 0 saturated heterocycles. The molecular formula is C10H10F2O4. The molecule has 0 aliphatic rings. The molecule has 0 heterocycles. The number of aliphatic hydroxyl groups excluding tert-OH is 1. The zero-order chi connectivity index (χ0) is 12.3. The first kappa shape index (κ1) is 12.4. The van der Waals surface area contributed by atoms with Crippen molar-refractivity contribution in [2.45, 2.75) is 12.5 Å². The molecule has 0 amide bonds. The van der Waals surface area contributed by atoms with E-state index in [1.165, 1.54) is 7.11 Å². The van der Waals surface area contributed by atoms with Crippen LogP contribution in [0.2, 0.25) is 0 Å². The number of benzene rings is 1. The summed E-state index contributed by atoms with van der Waals surface area (Å²) in [7, 11) is 1.17. The van der Waals surface area contributed by atoms with E-state index in [9.17, 15) is 18.7 Å². The Bertz CT molecular complexity index is 406. The Labute approximate surface area is 90.1 Å². The molecule has 1 atom stereocenters. The van der Waals surface area contributed by atoms with Crippen molar-refractivity contribution in [1.29, 1.82) is 0 Å². The van der Waals surface area contributed by atoms with Crippen LogP contribution < -0.4 is 4.74 Å². The van der Waals surface area contributed by atoms with Gasteiger partial charge in [0.1, 0.15) is 17.4 Å². The minimum Gasteiger partial charge on any atom is -0.496 e. The lowest BCUT2D eigenvalue weighted by Gasteiger charge is -2.14. The van der Waals surface area contributed by atoms with Crippen molar-refractivity contribution in [2.24, 2.45) is 0 Å². The van der Waals surface area contributed by atoms with Gasteiger partial charge in [-0.1, -0.05) is 0 Å². The molecule has 0 aliphatic heterocycles. The summed E-state index contributed by atoms with van der Waals surface area (Å²) in [4.78, 5) is 10.4. The number of carbonyl (C=O) groups is 1. The van der Waals surface area contributed by atoms with E-state index in [4.69, 9.17) is 5.11 Å². The maximum Gasteiger partial charge on any atom is 0.306 e. The van der Waals surface area contributed by atoms with E-state index in [1.54, 1.807) is 0 Å². The predicted octanol–water partition coefficient (Wildman–Crippen LogP) is 1.48. The Balaban J connectivity index is 3.15. The highest BCUT2D eigenvalue weighted by Crippen LogP contribution is 2.30. The quantitative estimate of drug-likeness (QED) is 0.825. The molecule has 0 unspecified atom stereocenters. The second-order valence-corrected chi connectivity index (χ2v) is 3.12. The topological polar surface area (TPSA) is 66.8 Å². The normalized spacial score (nSPS) is 12.2. The van der Waals surface area contributed by atoms with Crippen LogP contribution in [0.1, 0.15) is 18.1 Å². The summed E-state index contributed by atoms with van der Waals surface area (Å²) in [5.41, 5.74) is -0.355. The number of aliphatic hydroxyl groups is 1. The number of rotatable bonds is 4. The largest absolute Gasteiger partial charge is 0.496 e. The molecule has 0 aliphatic carbocycles. The number of carboxylic acid groups (broad SMARTS) is 1. The molecule has 0 radical (unpaired) electrons. The Hall–Kier alpha value is -1.69. The first-order valence-corrected chi connectivity index (χ1v) is 4.38. The lowest BCUT2D eigenvalue weighted by Crippen LogP contribution is -2.09. The maximum absolute atomic E-state index is 13.3. The van der Waals surface area contributed by atoms with Crippen molar-refractivity contribution in [3.05, 3.63) is 29.3 Å². The molecule has 6 heteroatoms. The van der Waals surface area contributed by atoms with E-state index in [0.29, 0.717) is 6.07 Å². The summed E-state index contributed by atoms with van der Waals surface area (Å²) in [6.45, 7) is 0. The Morgan fingerprint density at radius 2 is 2.12 bits per heavy atom. The van der Waals surface area contributed by atoms with E-state index in [2.05, 4.69) is 4.74 Å². The minimum atomic E-state index is -1.58. The summed E-state index contributed by atoms with van der Waals surface area (Å²) in [5.74, 6) is -3.41. The first-order valence-electron chi connectivity index (χ1n) is 4.38.